The smallest absolute Gasteiger partial charge is 0.158 e. The topological polar surface area (TPSA) is 49.7 Å². The van der Waals surface area contributed by atoms with E-state index in [1.165, 1.54) is 0 Å². The molecule has 0 aromatic carbocycles. The first-order valence-electron chi connectivity index (χ1n) is 5.00. The summed E-state index contributed by atoms with van der Waals surface area (Å²) in [6.45, 7) is 5.88. The Hall–Kier alpha value is -0.120. The molecule has 6 atom stereocenters. The molecule has 0 amide bonds. The molecule has 3 heteroatoms. The lowest BCUT2D eigenvalue weighted by atomic mass is 9.67. The highest BCUT2D eigenvalue weighted by atomic mass is 16.6. The van der Waals surface area contributed by atoms with Crippen LogP contribution in [0.2, 0.25) is 0 Å². The lowest BCUT2D eigenvalue weighted by Gasteiger charge is -2.42. The third kappa shape index (κ3) is 1.14. The molecule has 76 valence electrons. The van der Waals surface area contributed by atoms with Crippen molar-refractivity contribution in [2.24, 2.45) is 17.8 Å². The van der Waals surface area contributed by atoms with Crippen molar-refractivity contribution in [3.05, 3.63) is 0 Å². The molecule has 1 aliphatic heterocycles. The van der Waals surface area contributed by atoms with Crippen LogP contribution >= 0.6 is 0 Å². The van der Waals surface area contributed by atoms with Crippen LogP contribution in [0.3, 0.4) is 0 Å². The summed E-state index contributed by atoms with van der Waals surface area (Å²) in [6, 6.07) is 0. The van der Waals surface area contributed by atoms with E-state index >= 15 is 0 Å². The van der Waals surface area contributed by atoms with E-state index < -0.39 is 11.9 Å². The van der Waals surface area contributed by atoms with Crippen molar-refractivity contribution in [2.45, 2.75) is 45.2 Å². The molecular weight excluding hydrogens is 168 g/mol. The zero-order valence-electron chi connectivity index (χ0n) is 8.40. The Morgan fingerprint density at radius 2 is 2.00 bits per heavy atom. The monoisotopic (exact) mass is 186 g/mol. The molecule has 0 radical (unpaired) electrons. The average Bonchev–Trinajstić information content (AvgIpc) is 2.26. The molecule has 2 bridgehead atoms. The predicted molar refractivity (Wildman–Crippen MR) is 47.9 cm³/mol. The van der Waals surface area contributed by atoms with Crippen LogP contribution < -0.4 is 0 Å². The lowest BCUT2D eigenvalue weighted by Crippen LogP contribution is -2.51. The highest BCUT2D eigenvalue weighted by Gasteiger charge is 2.56. The van der Waals surface area contributed by atoms with Crippen molar-refractivity contribution >= 4 is 0 Å². The Bertz CT molecular complexity index is 214. The number of hydrogen-bond donors (Lipinski definition) is 2. The van der Waals surface area contributed by atoms with E-state index in [0.29, 0.717) is 0 Å². The van der Waals surface area contributed by atoms with Crippen molar-refractivity contribution in [1.82, 2.24) is 0 Å². The minimum atomic E-state index is -0.784. The predicted octanol–water partition coefficient (Wildman–Crippen LogP) is 0.747. The Morgan fingerprint density at radius 3 is 2.62 bits per heavy atom. The van der Waals surface area contributed by atoms with E-state index in [9.17, 15) is 10.2 Å². The van der Waals surface area contributed by atoms with Gasteiger partial charge in [-0.05, 0) is 25.2 Å². The fourth-order valence-electron chi connectivity index (χ4n) is 2.79. The van der Waals surface area contributed by atoms with Gasteiger partial charge in [0.05, 0.1) is 11.7 Å². The van der Waals surface area contributed by atoms with Crippen molar-refractivity contribution < 1.29 is 14.9 Å². The SMILES string of the molecule is CC1C2CC(C)C(C)(O)C1OC2O. The Morgan fingerprint density at radius 1 is 1.38 bits per heavy atom. The molecule has 6 unspecified atom stereocenters. The molecule has 1 saturated heterocycles. The largest absolute Gasteiger partial charge is 0.387 e. The van der Waals surface area contributed by atoms with Gasteiger partial charge in [-0.3, -0.25) is 0 Å². The highest BCUT2D eigenvalue weighted by Crippen LogP contribution is 2.48. The highest BCUT2D eigenvalue weighted by molar-refractivity contribution is 5.02. The first kappa shape index (κ1) is 9.44. The molecule has 3 nitrogen and oxygen atoms in total. The van der Waals surface area contributed by atoms with Crippen LogP contribution in [0.25, 0.3) is 0 Å². The molecule has 2 N–H and O–H groups in total. The first-order valence-corrected chi connectivity index (χ1v) is 5.00. The van der Waals surface area contributed by atoms with E-state index in [2.05, 4.69) is 0 Å². The summed E-state index contributed by atoms with van der Waals surface area (Å²) >= 11 is 0. The summed E-state index contributed by atoms with van der Waals surface area (Å²) in [5, 5.41) is 19.8. The Balaban J connectivity index is 2.29. The molecule has 1 saturated carbocycles. The minimum Gasteiger partial charge on any atom is -0.387 e. The quantitative estimate of drug-likeness (QED) is 0.587. The van der Waals surface area contributed by atoms with Crippen LogP contribution in [0, 0.1) is 17.8 Å². The maximum Gasteiger partial charge on any atom is 0.158 e. The number of hydrogen-bond acceptors (Lipinski definition) is 3. The number of aliphatic hydroxyl groups is 2. The Labute approximate surface area is 78.7 Å². The third-order valence-electron chi connectivity index (χ3n) is 4.00. The fourth-order valence-corrected chi connectivity index (χ4v) is 2.79. The van der Waals surface area contributed by atoms with Crippen LogP contribution in [0.15, 0.2) is 0 Å². The van der Waals surface area contributed by atoms with E-state index in [0.717, 1.165) is 6.42 Å². The van der Waals surface area contributed by atoms with Crippen LogP contribution in [0.5, 0.6) is 0 Å². The average molecular weight is 186 g/mol. The second-order valence-electron chi connectivity index (χ2n) is 4.83. The van der Waals surface area contributed by atoms with E-state index in [4.69, 9.17) is 4.74 Å². The molecular formula is C10H18O3. The van der Waals surface area contributed by atoms with E-state index in [1.807, 2.05) is 20.8 Å². The van der Waals surface area contributed by atoms with Gasteiger partial charge in [-0.25, -0.2) is 0 Å². The van der Waals surface area contributed by atoms with Crippen LogP contribution in [-0.4, -0.2) is 28.2 Å². The molecule has 2 rings (SSSR count). The minimum absolute atomic E-state index is 0.198. The van der Waals surface area contributed by atoms with Gasteiger partial charge >= 0.3 is 0 Å². The normalized spacial score (nSPS) is 61.2. The van der Waals surface area contributed by atoms with Gasteiger partial charge in [0, 0.05) is 5.92 Å². The van der Waals surface area contributed by atoms with Crippen LogP contribution in [-0.2, 0) is 4.74 Å². The van der Waals surface area contributed by atoms with Gasteiger partial charge in [-0.2, -0.15) is 0 Å². The van der Waals surface area contributed by atoms with Crippen molar-refractivity contribution in [2.75, 3.05) is 0 Å². The maximum atomic E-state index is 10.2. The zero-order chi connectivity index (χ0) is 9.80. The maximum absolute atomic E-state index is 10.2. The van der Waals surface area contributed by atoms with Gasteiger partial charge in [0.25, 0.3) is 0 Å². The summed E-state index contributed by atoms with van der Waals surface area (Å²) in [6.07, 6.45) is -0.0149. The first-order chi connectivity index (χ1) is 5.94. The van der Waals surface area contributed by atoms with Gasteiger partial charge in [0.2, 0.25) is 0 Å². The van der Waals surface area contributed by atoms with Gasteiger partial charge in [-0.15, -0.1) is 0 Å². The van der Waals surface area contributed by atoms with E-state index in [-0.39, 0.29) is 23.9 Å². The van der Waals surface area contributed by atoms with E-state index in [1.54, 1.807) is 0 Å². The molecule has 13 heavy (non-hydrogen) atoms. The molecule has 1 heterocycles. The number of rotatable bonds is 0. The van der Waals surface area contributed by atoms with Gasteiger partial charge in [0.1, 0.15) is 0 Å². The van der Waals surface area contributed by atoms with Crippen LogP contribution in [0.1, 0.15) is 27.2 Å². The number of ether oxygens (including phenoxy) is 1. The summed E-state index contributed by atoms with van der Waals surface area (Å²) in [4.78, 5) is 0. The summed E-state index contributed by atoms with van der Waals surface area (Å²) in [5.41, 5.74) is -0.784. The zero-order valence-corrected chi connectivity index (χ0v) is 8.40. The molecule has 2 aliphatic rings. The van der Waals surface area contributed by atoms with Crippen molar-refractivity contribution in [1.29, 1.82) is 0 Å². The fraction of sp³-hybridized carbons (Fsp3) is 1.00. The molecule has 2 fully saturated rings. The van der Waals surface area contributed by atoms with Crippen molar-refractivity contribution in [3.8, 4) is 0 Å². The third-order valence-corrected chi connectivity index (χ3v) is 4.00. The lowest BCUT2D eigenvalue weighted by molar-refractivity contribution is -0.162. The second-order valence-corrected chi connectivity index (χ2v) is 4.83. The molecule has 0 aromatic heterocycles. The molecule has 0 spiro atoms. The molecule has 1 aliphatic carbocycles. The van der Waals surface area contributed by atoms with Gasteiger partial charge < -0.3 is 14.9 Å². The Kier molecular flexibility index (Phi) is 1.95. The van der Waals surface area contributed by atoms with Gasteiger partial charge in [0.15, 0.2) is 6.29 Å². The summed E-state index contributed by atoms with van der Waals surface area (Å²) in [7, 11) is 0. The number of aliphatic hydroxyl groups excluding tert-OH is 1. The summed E-state index contributed by atoms with van der Waals surface area (Å²) in [5.74, 6) is 0.678. The second kappa shape index (κ2) is 2.69. The van der Waals surface area contributed by atoms with Crippen molar-refractivity contribution in [3.63, 3.8) is 0 Å². The van der Waals surface area contributed by atoms with Crippen LogP contribution in [0.4, 0.5) is 0 Å². The van der Waals surface area contributed by atoms with Gasteiger partial charge in [-0.1, -0.05) is 13.8 Å². The number of fused-ring (bicyclic) bond motifs is 2. The molecule has 0 aromatic rings. The summed E-state index contributed by atoms with van der Waals surface area (Å²) < 4.78 is 5.39. The standard InChI is InChI=1S/C10H18O3/c1-5-4-7-6(2)8(10(5,3)12)13-9(7)11/h5-9,11-12H,4H2,1-3H3.